The lowest BCUT2D eigenvalue weighted by atomic mass is 10.1. The van der Waals surface area contributed by atoms with Crippen LogP contribution in [0, 0.1) is 13.8 Å². The fourth-order valence-corrected chi connectivity index (χ4v) is 4.41. The maximum atomic E-state index is 4.76. The molecule has 4 rings (SSSR count). The van der Waals surface area contributed by atoms with Crippen molar-refractivity contribution >= 4 is 33.4 Å². The first kappa shape index (κ1) is 18.9. The monoisotopic (exact) mass is 437 g/mol. The molecule has 28 heavy (non-hydrogen) atoms. The molecule has 0 saturated heterocycles. The summed E-state index contributed by atoms with van der Waals surface area (Å²) in [4.78, 5) is 13.8. The number of anilines is 3. The van der Waals surface area contributed by atoms with Crippen LogP contribution >= 0.6 is 15.9 Å². The SMILES string of the molecule is Cc1cc(Br)cc(C)c1Nc1cc(-c2cccnc2)nc(NC2CCCC2)n1. The smallest absolute Gasteiger partial charge is 0.225 e. The summed E-state index contributed by atoms with van der Waals surface area (Å²) in [5, 5.41) is 7.04. The Morgan fingerprint density at radius 1 is 1.04 bits per heavy atom. The van der Waals surface area contributed by atoms with Crippen LogP contribution in [0.3, 0.4) is 0 Å². The molecule has 0 aliphatic heterocycles. The van der Waals surface area contributed by atoms with Gasteiger partial charge in [0.1, 0.15) is 5.82 Å². The highest BCUT2D eigenvalue weighted by Gasteiger charge is 2.17. The van der Waals surface area contributed by atoms with Crippen LogP contribution in [0.5, 0.6) is 0 Å². The number of aromatic nitrogens is 3. The van der Waals surface area contributed by atoms with Crippen LogP contribution in [0.2, 0.25) is 0 Å². The highest BCUT2D eigenvalue weighted by atomic mass is 79.9. The third kappa shape index (κ3) is 4.33. The normalized spacial score (nSPS) is 14.2. The predicted molar refractivity (Wildman–Crippen MR) is 118 cm³/mol. The quantitative estimate of drug-likeness (QED) is 0.510. The Morgan fingerprint density at radius 3 is 2.46 bits per heavy atom. The second-order valence-corrected chi connectivity index (χ2v) is 8.28. The van der Waals surface area contributed by atoms with Gasteiger partial charge in [0.15, 0.2) is 0 Å². The molecule has 0 amide bonds. The molecule has 2 heterocycles. The second kappa shape index (κ2) is 8.27. The lowest BCUT2D eigenvalue weighted by Gasteiger charge is -2.17. The number of rotatable bonds is 5. The first-order valence-electron chi connectivity index (χ1n) is 9.68. The van der Waals surface area contributed by atoms with E-state index in [9.17, 15) is 0 Å². The molecule has 1 aromatic carbocycles. The van der Waals surface area contributed by atoms with E-state index in [1.807, 2.05) is 24.4 Å². The largest absolute Gasteiger partial charge is 0.351 e. The maximum Gasteiger partial charge on any atom is 0.225 e. The molecule has 2 aromatic heterocycles. The lowest BCUT2D eigenvalue weighted by molar-refractivity contribution is 0.744. The molecular formula is C22H24BrN5. The highest BCUT2D eigenvalue weighted by Crippen LogP contribution is 2.30. The number of benzene rings is 1. The van der Waals surface area contributed by atoms with E-state index >= 15 is 0 Å². The molecule has 3 aromatic rings. The number of halogens is 1. The minimum atomic E-state index is 0.452. The molecule has 0 unspecified atom stereocenters. The minimum absolute atomic E-state index is 0.452. The number of aryl methyl sites for hydroxylation is 2. The Hall–Kier alpha value is -2.47. The zero-order valence-electron chi connectivity index (χ0n) is 16.2. The number of nitrogens with zero attached hydrogens (tertiary/aromatic N) is 3. The van der Waals surface area contributed by atoms with Gasteiger partial charge < -0.3 is 10.6 Å². The van der Waals surface area contributed by atoms with E-state index in [2.05, 4.69) is 57.5 Å². The van der Waals surface area contributed by atoms with E-state index in [0.29, 0.717) is 12.0 Å². The van der Waals surface area contributed by atoms with Crippen molar-refractivity contribution in [2.24, 2.45) is 0 Å². The Bertz CT molecular complexity index is 945. The summed E-state index contributed by atoms with van der Waals surface area (Å²) in [5.41, 5.74) is 5.24. The van der Waals surface area contributed by atoms with Crippen molar-refractivity contribution in [3.8, 4) is 11.3 Å². The number of hydrogen-bond acceptors (Lipinski definition) is 5. The lowest BCUT2D eigenvalue weighted by Crippen LogP contribution is -2.17. The molecule has 0 spiro atoms. The van der Waals surface area contributed by atoms with Crippen molar-refractivity contribution in [3.63, 3.8) is 0 Å². The van der Waals surface area contributed by atoms with Crippen LogP contribution in [0.15, 0.2) is 47.2 Å². The number of nitrogens with one attached hydrogen (secondary N) is 2. The molecule has 1 aliphatic carbocycles. The molecule has 2 N–H and O–H groups in total. The highest BCUT2D eigenvalue weighted by molar-refractivity contribution is 9.10. The summed E-state index contributed by atoms with van der Waals surface area (Å²) in [7, 11) is 0. The molecule has 5 nitrogen and oxygen atoms in total. The molecular weight excluding hydrogens is 414 g/mol. The molecule has 6 heteroatoms. The molecule has 0 radical (unpaired) electrons. The van der Waals surface area contributed by atoms with Crippen LogP contribution < -0.4 is 10.6 Å². The molecule has 0 bridgehead atoms. The Labute approximate surface area is 174 Å². The van der Waals surface area contributed by atoms with Gasteiger partial charge in [0.2, 0.25) is 5.95 Å². The van der Waals surface area contributed by atoms with Gasteiger partial charge >= 0.3 is 0 Å². The van der Waals surface area contributed by atoms with Crippen LogP contribution in [0.25, 0.3) is 11.3 Å². The van der Waals surface area contributed by atoms with E-state index in [4.69, 9.17) is 9.97 Å². The van der Waals surface area contributed by atoms with Crippen molar-refractivity contribution in [2.45, 2.75) is 45.6 Å². The van der Waals surface area contributed by atoms with Crippen molar-refractivity contribution in [1.82, 2.24) is 15.0 Å². The summed E-state index contributed by atoms with van der Waals surface area (Å²) in [6.07, 6.45) is 8.49. The molecule has 1 fully saturated rings. The van der Waals surface area contributed by atoms with Gasteiger partial charge in [-0.1, -0.05) is 28.8 Å². The van der Waals surface area contributed by atoms with Gasteiger partial charge in [0.05, 0.1) is 5.69 Å². The predicted octanol–water partition coefficient (Wildman–Crippen LogP) is 6.02. The third-order valence-electron chi connectivity index (χ3n) is 5.12. The van der Waals surface area contributed by atoms with Crippen LogP contribution in [0.4, 0.5) is 17.5 Å². The Morgan fingerprint density at radius 2 is 1.79 bits per heavy atom. The zero-order chi connectivity index (χ0) is 19.5. The first-order chi connectivity index (χ1) is 13.6. The van der Waals surface area contributed by atoms with Crippen molar-refractivity contribution in [2.75, 3.05) is 10.6 Å². The minimum Gasteiger partial charge on any atom is -0.351 e. The molecule has 1 saturated carbocycles. The van der Waals surface area contributed by atoms with Crippen LogP contribution in [-0.2, 0) is 0 Å². The van der Waals surface area contributed by atoms with E-state index in [1.54, 1.807) is 6.20 Å². The van der Waals surface area contributed by atoms with E-state index < -0.39 is 0 Å². The first-order valence-corrected chi connectivity index (χ1v) is 10.5. The van der Waals surface area contributed by atoms with Gasteiger partial charge in [0, 0.05) is 40.2 Å². The Kier molecular flexibility index (Phi) is 5.57. The fraction of sp³-hybridized carbons (Fsp3) is 0.318. The average molecular weight is 438 g/mol. The van der Waals surface area contributed by atoms with Crippen molar-refractivity contribution in [3.05, 3.63) is 58.3 Å². The standard InChI is InChI=1S/C22H24BrN5/c1-14-10-17(23)11-15(2)21(14)27-20-12-19(16-6-5-9-24-13-16)26-22(28-20)25-18-7-3-4-8-18/h5-6,9-13,18H,3-4,7-8H2,1-2H3,(H2,25,26,27,28). The summed E-state index contributed by atoms with van der Waals surface area (Å²) >= 11 is 3.56. The summed E-state index contributed by atoms with van der Waals surface area (Å²) in [6, 6.07) is 10.6. The topological polar surface area (TPSA) is 62.7 Å². The van der Waals surface area contributed by atoms with Gasteiger partial charge in [0.25, 0.3) is 0 Å². The van der Waals surface area contributed by atoms with Crippen molar-refractivity contribution < 1.29 is 0 Å². The van der Waals surface area contributed by atoms with E-state index in [1.165, 1.54) is 36.8 Å². The fourth-order valence-electron chi connectivity index (χ4n) is 3.73. The van der Waals surface area contributed by atoms with Crippen LogP contribution in [-0.4, -0.2) is 21.0 Å². The van der Waals surface area contributed by atoms with Gasteiger partial charge in [-0.15, -0.1) is 0 Å². The molecule has 1 aliphatic rings. The van der Waals surface area contributed by atoms with Gasteiger partial charge in [-0.3, -0.25) is 4.98 Å². The zero-order valence-corrected chi connectivity index (χ0v) is 17.8. The van der Waals surface area contributed by atoms with Gasteiger partial charge in [-0.25, -0.2) is 4.98 Å². The summed E-state index contributed by atoms with van der Waals surface area (Å²) in [5.74, 6) is 1.45. The molecule has 144 valence electrons. The number of hydrogen-bond donors (Lipinski definition) is 2. The molecule has 0 atom stereocenters. The number of pyridine rings is 1. The van der Waals surface area contributed by atoms with Gasteiger partial charge in [-0.05, 0) is 62.1 Å². The average Bonchev–Trinajstić information content (AvgIpc) is 3.18. The van der Waals surface area contributed by atoms with E-state index in [-0.39, 0.29) is 0 Å². The summed E-state index contributed by atoms with van der Waals surface area (Å²) < 4.78 is 1.08. The maximum absolute atomic E-state index is 4.76. The van der Waals surface area contributed by atoms with Crippen molar-refractivity contribution in [1.29, 1.82) is 0 Å². The summed E-state index contributed by atoms with van der Waals surface area (Å²) in [6.45, 7) is 4.20. The van der Waals surface area contributed by atoms with Gasteiger partial charge in [-0.2, -0.15) is 4.98 Å². The van der Waals surface area contributed by atoms with E-state index in [0.717, 1.165) is 27.2 Å². The van der Waals surface area contributed by atoms with Crippen LogP contribution in [0.1, 0.15) is 36.8 Å². The second-order valence-electron chi connectivity index (χ2n) is 7.37. The third-order valence-corrected chi connectivity index (χ3v) is 5.58. The Balaban J connectivity index is 1.71.